The molecule has 1 aliphatic heterocycles. The van der Waals surface area contributed by atoms with E-state index in [-0.39, 0.29) is 0 Å². The molecular weight excluding hydrogens is 468 g/mol. The Bertz CT molecular complexity index is 1590. The standard InChI is InChI=1S/C32H34N6/c1-23-28(33-21-27-12-11-26-8-3-4-9-29(26)34-27)14-15-31-32(23)30(35-36-31)13-10-24-6-5-7-25(20-24)22-38-18-16-37(2)17-19-38/h3-15,20,33H,16-19,21-22H2,1-2H3,(H,35,36). The third-order valence-electron chi connectivity index (χ3n) is 7.52. The quantitative estimate of drug-likeness (QED) is 0.288. The van der Waals surface area contributed by atoms with Gasteiger partial charge < -0.3 is 10.2 Å². The molecule has 0 saturated carbocycles. The fraction of sp³-hybridized carbons (Fsp3) is 0.250. The van der Waals surface area contributed by atoms with Crippen molar-refractivity contribution >= 4 is 39.6 Å². The highest BCUT2D eigenvalue weighted by Gasteiger charge is 2.14. The average Bonchev–Trinajstić information content (AvgIpc) is 3.37. The first-order valence-electron chi connectivity index (χ1n) is 13.4. The molecule has 1 saturated heterocycles. The van der Waals surface area contributed by atoms with Gasteiger partial charge in [0.25, 0.3) is 0 Å². The highest BCUT2D eigenvalue weighted by atomic mass is 15.2. The van der Waals surface area contributed by atoms with Crippen LogP contribution in [0.4, 0.5) is 5.69 Å². The van der Waals surface area contributed by atoms with Crippen LogP contribution >= 0.6 is 0 Å². The van der Waals surface area contributed by atoms with Gasteiger partial charge in [-0.1, -0.05) is 54.6 Å². The van der Waals surface area contributed by atoms with Gasteiger partial charge in [0.2, 0.25) is 0 Å². The minimum atomic E-state index is 0.667. The highest BCUT2D eigenvalue weighted by Crippen LogP contribution is 2.28. The maximum Gasteiger partial charge on any atom is 0.0930 e. The lowest BCUT2D eigenvalue weighted by Crippen LogP contribution is -2.43. The van der Waals surface area contributed by atoms with Crippen LogP contribution in [0.5, 0.6) is 0 Å². The van der Waals surface area contributed by atoms with Crippen LogP contribution in [0.3, 0.4) is 0 Å². The predicted molar refractivity (Wildman–Crippen MR) is 158 cm³/mol. The average molecular weight is 503 g/mol. The molecule has 2 aromatic heterocycles. The maximum absolute atomic E-state index is 4.80. The van der Waals surface area contributed by atoms with Crippen molar-refractivity contribution in [1.82, 2.24) is 25.0 Å². The molecule has 6 heteroatoms. The third kappa shape index (κ3) is 5.32. The smallest absolute Gasteiger partial charge is 0.0930 e. The molecule has 0 spiro atoms. The van der Waals surface area contributed by atoms with Crippen molar-refractivity contribution in [2.45, 2.75) is 20.0 Å². The summed E-state index contributed by atoms with van der Waals surface area (Å²) in [6, 6.07) is 25.5. The molecule has 0 radical (unpaired) electrons. The Labute approximate surface area is 224 Å². The molecule has 5 aromatic rings. The van der Waals surface area contributed by atoms with E-state index >= 15 is 0 Å². The first-order chi connectivity index (χ1) is 18.6. The number of aromatic nitrogens is 3. The number of rotatable bonds is 7. The molecule has 0 aliphatic carbocycles. The van der Waals surface area contributed by atoms with Crippen molar-refractivity contribution in [2.24, 2.45) is 0 Å². The van der Waals surface area contributed by atoms with Crippen LogP contribution in [-0.2, 0) is 13.1 Å². The summed E-state index contributed by atoms with van der Waals surface area (Å²) in [5, 5.41) is 13.7. The van der Waals surface area contributed by atoms with Crippen molar-refractivity contribution in [1.29, 1.82) is 0 Å². The van der Waals surface area contributed by atoms with Gasteiger partial charge >= 0.3 is 0 Å². The zero-order chi connectivity index (χ0) is 25.9. The van der Waals surface area contributed by atoms with E-state index in [2.05, 4.69) is 112 Å². The summed E-state index contributed by atoms with van der Waals surface area (Å²) in [5.41, 5.74) is 8.87. The molecule has 1 aliphatic rings. The molecular formula is C32H34N6. The number of hydrogen-bond acceptors (Lipinski definition) is 5. The Hall–Kier alpha value is -4.00. The molecule has 0 bridgehead atoms. The lowest BCUT2D eigenvalue weighted by Gasteiger charge is -2.32. The molecule has 192 valence electrons. The van der Waals surface area contributed by atoms with E-state index in [1.54, 1.807) is 0 Å². The first-order valence-corrected chi connectivity index (χ1v) is 13.4. The van der Waals surface area contributed by atoms with Gasteiger partial charge in [-0.05, 0) is 61.0 Å². The minimum Gasteiger partial charge on any atom is -0.379 e. The van der Waals surface area contributed by atoms with Gasteiger partial charge in [-0.3, -0.25) is 15.0 Å². The number of aryl methyl sites for hydroxylation is 1. The summed E-state index contributed by atoms with van der Waals surface area (Å²) in [4.78, 5) is 9.74. The number of anilines is 1. The normalized spacial score (nSPS) is 15.1. The molecule has 0 amide bonds. The molecule has 6 nitrogen and oxygen atoms in total. The number of benzene rings is 3. The Balaban J connectivity index is 1.18. The molecule has 0 atom stereocenters. The van der Waals surface area contributed by atoms with Crippen molar-refractivity contribution in [3.8, 4) is 0 Å². The summed E-state index contributed by atoms with van der Waals surface area (Å²) >= 11 is 0. The fourth-order valence-corrected chi connectivity index (χ4v) is 5.25. The molecule has 3 aromatic carbocycles. The Morgan fingerprint density at radius 1 is 0.921 bits per heavy atom. The van der Waals surface area contributed by atoms with Gasteiger partial charge in [-0.2, -0.15) is 5.10 Å². The topological polar surface area (TPSA) is 60.1 Å². The SMILES string of the molecule is Cc1c(NCc2ccc3ccccc3n2)ccc2[nH]nc(C=Cc3cccc(CN4CCN(C)CC4)c3)c12. The number of nitrogens with zero attached hydrogens (tertiary/aromatic N) is 4. The molecule has 6 rings (SSSR count). The number of piperazine rings is 1. The second kappa shape index (κ2) is 10.8. The molecule has 3 heterocycles. The second-order valence-electron chi connectivity index (χ2n) is 10.3. The largest absolute Gasteiger partial charge is 0.379 e. The van der Waals surface area contributed by atoms with E-state index < -0.39 is 0 Å². The second-order valence-corrected chi connectivity index (χ2v) is 10.3. The van der Waals surface area contributed by atoms with Gasteiger partial charge in [-0.15, -0.1) is 0 Å². The van der Waals surface area contributed by atoms with Crippen LogP contribution in [0.1, 0.15) is 28.1 Å². The number of fused-ring (bicyclic) bond motifs is 2. The first kappa shape index (κ1) is 24.3. The van der Waals surface area contributed by atoms with Crippen LogP contribution in [0.25, 0.3) is 34.0 Å². The van der Waals surface area contributed by atoms with Crippen molar-refractivity contribution in [3.05, 3.63) is 101 Å². The lowest BCUT2D eigenvalue weighted by molar-refractivity contribution is 0.148. The number of para-hydroxylation sites is 1. The van der Waals surface area contributed by atoms with Gasteiger partial charge in [0, 0.05) is 49.2 Å². The van der Waals surface area contributed by atoms with Crippen molar-refractivity contribution in [3.63, 3.8) is 0 Å². The molecule has 1 fully saturated rings. The summed E-state index contributed by atoms with van der Waals surface area (Å²) in [7, 11) is 2.20. The fourth-order valence-electron chi connectivity index (χ4n) is 5.25. The van der Waals surface area contributed by atoms with E-state index in [1.807, 2.05) is 12.1 Å². The zero-order valence-corrected chi connectivity index (χ0v) is 22.1. The summed E-state index contributed by atoms with van der Waals surface area (Å²) in [5.74, 6) is 0. The van der Waals surface area contributed by atoms with Crippen molar-refractivity contribution < 1.29 is 0 Å². The number of likely N-dealkylation sites (N-methyl/N-ethyl adjacent to an activating group) is 1. The van der Waals surface area contributed by atoms with Crippen LogP contribution < -0.4 is 5.32 Å². The van der Waals surface area contributed by atoms with Crippen molar-refractivity contribution in [2.75, 3.05) is 38.5 Å². The molecule has 38 heavy (non-hydrogen) atoms. The number of pyridine rings is 1. The number of H-pyrrole nitrogens is 1. The van der Waals surface area contributed by atoms with Crippen LogP contribution in [-0.4, -0.2) is 58.2 Å². The Morgan fingerprint density at radius 2 is 1.79 bits per heavy atom. The number of hydrogen-bond donors (Lipinski definition) is 2. The van der Waals surface area contributed by atoms with E-state index in [4.69, 9.17) is 4.98 Å². The predicted octanol–water partition coefficient (Wildman–Crippen LogP) is 5.95. The minimum absolute atomic E-state index is 0.667. The zero-order valence-electron chi connectivity index (χ0n) is 22.1. The number of aromatic amines is 1. The van der Waals surface area contributed by atoms with Crippen LogP contribution in [0, 0.1) is 6.92 Å². The van der Waals surface area contributed by atoms with E-state index in [1.165, 1.54) is 16.7 Å². The lowest BCUT2D eigenvalue weighted by atomic mass is 10.0. The van der Waals surface area contributed by atoms with Crippen LogP contribution in [0.15, 0.2) is 72.8 Å². The van der Waals surface area contributed by atoms with Gasteiger partial charge in [0.05, 0.1) is 29.0 Å². The molecule has 0 unspecified atom stereocenters. The van der Waals surface area contributed by atoms with Crippen LogP contribution in [0.2, 0.25) is 0 Å². The summed E-state index contributed by atoms with van der Waals surface area (Å²) in [6.07, 6.45) is 4.29. The van der Waals surface area contributed by atoms with E-state index in [9.17, 15) is 0 Å². The van der Waals surface area contributed by atoms with Gasteiger partial charge in [-0.25, -0.2) is 0 Å². The van der Waals surface area contributed by atoms with E-state index in [0.29, 0.717) is 6.54 Å². The monoisotopic (exact) mass is 502 g/mol. The number of nitrogens with one attached hydrogen (secondary N) is 2. The van der Waals surface area contributed by atoms with E-state index in [0.717, 1.165) is 71.6 Å². The van der Waals surface area contributed by atoms with Gasteiger partial charge in [0.1, 0.15) is 0 Å². The Kier molecular flexibility index (Phi) is 6.90. The molecule has 2 N–H and O–H groups in total. The maximum atomic E-state index is 4.80. The Morgan fingerprint density at radius 3 is 2.68 bits per heavy atom. The highest BCUT2D eigenvalue weighted by molar-refractivity contribution is 5.95. The van der Waals surface area contributed by atoms with Gasteiger partial charge in [0.15, 0.2) is 0 Å². The summed E-state index contributed by atoms with van der Waals surface area (Å²) < 4.78 is 0. The summed E-state index contributed by atoms with van der Waals surface area (Å²) in [6.45, 7) is 8.36. The third-order valence-corrected chi connectivity index (χ3v) is 7.52.